The average Bonchev–Trinajstić information content (AvgIpc) is 3.53. The molecule has 0 aliphatic carbocycles. The Morgan fingerprint density at radius 2 is 1.97 bits per heavy atom. The topological polar surface area (TPSA) is 189 Å². The maximum Gasteiger partial charge on any atom is 0.345 e. The fourth-order valence-corrected chi connectivity index (χ4v) is 5.68. The van der Waals surface area contributed by atoms with Gasteiger partial charge in [-0.05, 0) is 43.6 Å². The molecule has 1 aliphatic heterocycles. The molecule has 13 heteroatoms. The number of unbranched alkanes of at least 4 members (excludes halogenated alkanes) is 1. The fourth-order valence-electron chi connectivity index (χ4n) is 4.14. The highest BCUT2D eigenvalue weighted by molar-refractivity contribution is 7.89. The Labute approximate surface area is 207 Å². The fraction of sp³-hybridized carbons (Fsp3) is 0.348. The molecule has 0 bridgehead atoms. The van der Waals surface area contributed by atoms with E-state index in [0.29, 0.717) is 35.7 Å². The predicted molar refractivity (Wildman–Crippen MR) is 131 cm³/mol. The number of rotatable bonds is 11. The summed E-state index contributed by atoms with van der Waals surface area (Å²) in [5, 5.41) is 13.8. The summed E-state index contributed by atoms with van der Waals surface area (Å²) in [4.78, 5) is 37.3. The van der Waals surface area contributed by atoms with Crippen LogP contribution in [0.4, 0.5) is 5.95 Å². The number of sulfonamides is 1. The molecule has 2 heterocycles. The molecule has 0 spiro atoms. The van der Waals surface area contributed by atoms with Crippen LogP contribution < -0.4 is 21.3 Å². The van der Waals surface area contributed by atoms with Gasteiger partial charge in [-0.1, -0.05) is 36.4 Å². The van der Waals surface area contributed by atoms with E-state index in [2.05, 4.69) is 25.5 Å². The number of hydrogen-bond donors (Lipinski definition) is 6. The van der Waals surface area contributed by atoms with Crippen LogP contribution in [0.15, 0.2) is 53.6 Å². The Balaban J connectivity index is 1.61. The van der Waals surface area contributed by atoms with Gasteiger partial charge in [-0.2, -0.15) is 10.2 Å². The van der Waals surface area contributed by atoms with Gasteiger partial charge in [-0.15, -0.1) is 0 Å². The number of nitrogen functional groups attached to an aromatic ring is 1. The highest BCUT2D eigenvalue weighted by atomic mass is 32.2. The van der Waals surface area contributed by atoms with Crippen molar-refractivity contribution >= 4 is 38.6 Å². The SMILES string of the molecule is Nc1nc(CCCCC(NC(=O)C2CCON2)(NS(=O)(=O)c2cccc3ccccc23)C(=O)O)c[nH]1. The molecule has 2 atom stereocenters. The monoisotopic (exact) mass is 516 g/mol. The summed E-state index contributed by atoms with van der Waals surface area (Å²) in [6.07, 6.45) is 3.01. The third-order valence-electron chi connectivity index (χ3n) is 5.99. The van der Waals surface area contributed by atoms with Gasteiger partial charge < -0.3 is 26.0 Å². The highest BCUT2D eigenvalue weighted by Crippen LogP contribution is 2.25. The van der Waals surface area contributed by atoms with Crippen molar-refractivity contribution in [2.45, 2.75) is 48.7 Å². The van der Waals surface area contributed by atoms with Crippen molar-refractivity contribution < 1.29 is 28.0 Å². The van der Waals surface area contributed by atoms with Crippen molar-refractivity contribution in [2.24, 2.45) is 0 Å². The molecule has 1 fully saturated rings. The van der Waals surface area contributed by atoms with Crippen LogP contribution >= 0.6 is 0 Å². The molecular weight excluding hydrogens is 488 g/mol. The second kappa shape index (κ2) is 10.6. The number of benzene rings is 2. The van der Waals surface area contributed by atoms with Crippen molar-refractivity contribution in [1.82, 2.24) is 25.5 Å². The van der Waals surface area contributed by atoms with Crippen LogP contribution in [0.3, 0.4) is 0 Å². The smallest absolute Gasteiger partial charge is 0.345 e. The van der Waals surface area contributed by atoms with Crippen LogP contribution in [-0.4, -0.2) is 53.7 Å². The minimum Gasteiger partial charge on any atom is -0.478 e. The maximum absolute atomic E-state index is 13.5. The molecule has 192 valence electrons. The molecule has 2 aromatic carbocycles. The number of hydrogen-bond acceptors (Lipinski definition) is 8. The number of imidazole rings is 1. The maximum atomic E-state index is 13.5. The van der Waals surface area contributed by atoms with E-state index in [0.717, 1.165) is 0 Å². The molecule has 4 rings (SSSR count). The van der Waals surface area contributed by atoms with Gasteiger partial charge in [-0.25, -0.2) is 18.2 Å². The summed E-state index contributed by atoms with van der Waals surface area (Å²) >= 11 is 0. The van der Waals surface area contributed by atoms with Gasteiger partial charge in [0, 0.05) is 11.6 Å². The van der Waals surface area contributed by atoms with Crippen molar-refractivity contribution in [3.05, 3.63) is 54.4 Å². The molecule has 36 heavy (non-hydrogen) atoms. The minimum atomic E-state index is -4.38. The third kappa shape index (κ3) is 5.65. The lowest BCUT2D eigenvalue weighted by Gasteiger charge is -2.32. The quantitative estimate of drug-likeness (QED) is 0.160. The number of carbonyl (C=O) groups is 2. The number of nitrogens with one attached hydrogen (secondary N) is 4. The zero-order valence-electron chi connectivity index (χ0n) is 19.4. The van der Waals surface area contributed by atoms with Gasteiger partial charge in [0.2, 0.25) is 21.6 Å². The molecule has 1 saturated heterocycles. The van der Waals surface area contributed by atoms with Crippen LogP contribution in [0.1, 0.15) is 31.4 Å². The predicted octanol–water partition coefficient (Wildman–Crippen LogP) is 1.03. The Kier molecular flexibility index (Phi) is 7.54. The second-order valence-electron chi connectivity index (χ2n) is 8.57. The zero-order chi connectivity index (χ0) is 25.8. The molecule has 7 N–H and O–H groups in total. The Bertz CT molecular complexity index is 1350. The van der Waals surface area contributed by atoms with Crippen LogP contribution in [0, 0.1) is 0 Å². The number of hydroxylamine groups is 1. The number of carboxylic acids is 1. The molecule has 0 radical (unpaired) electrons. The summed E-state index contributed by atoms with van der Waals surface area (Å²) in [6.45, 7) is 0.271. The van der Waals surface area contributed by atoms with E-state index in [-0.39, 0.29) is 30.3 Å². The van der Waals surface area contributed by atoms with E-state index < -0.39 is 33.6 Å². The van der Waals surface area contributed by atoms with Gasteiger partial charge >= 0.3 is 5.97 Å². The Morgan fingerprint density at radius 3 is 2.67 bits per heavy atom. The highest BCUT2D eigenvalue weighted by Gasteiger charge is 2.45. The molecule has 1 amide bonds. The first-order valence-electron chi connectivity index (χ1n) is 11.4. The van der Waals surface area contributed by atoms with E-state index in [9.17, 15) is 23.1 Å². The number of anilines is 1. The number of nitrogens with zero attached hydrogens (tertiary/aromatic N) is 1. The van der Waals surface area contributed by atoms with Gasteiger partial charge in [0.15, 0.2) is 5.95 Å². The lowest BCUT2D eigenvalue weighted by Crippen LogP contribution is -2.67. The van der Waals surface area contributed by atoms with Gasteiger partial charge in [0.25, 0.3) is 0 Å². The van der Waals surface area contributed by atoms with Gasteiger partial charge in [0.05, 0.1) is 17.2 Å². The Morgan fingerprint density at radius 1 is 1.19 bits per heavy atom. The van der Waals surface area contributed by atoms with E-state index in [1.54, 1.807) is 42.6 Å². The number of aromatic nitrogens is 2. The van der Waals surface area contributed by atoms with Crippen LogP contribution in [0.5, 0.6) is 0 Å². The number of carbonyl (C=O) groups excluding carboxylic acids is 1. The van der Waals surface area contributed by atoms with E-state index in [1.165, 1.54) is 6.07 Å². The van der Waals surface area contributed by atoms with Crippen LogP contribution in [0.25, 0.3) is 10.8 Å². The first kappa shape index (κ1) is 25.6. The second-order valence-corrected chi connectivity index (χ2v) is 10.2. The average molecular weight is 517 g/mol. The van der Waals surface area contributed by atoms with E-state index in [1.807, 2.05) is 0 Å². The zero-order valence-corrected chi connectivity index (χ0v) is 20.2. The first-order valence-corrected chi connectivity index (χ1v) is 12.9. The van der Waals surface area contributed by atoms with Crippen molar-refractivity contribution in [3.63, 3.8) is 0 Å². The largest absolute Gasteiger partial charge is 0.478 e. The standard InChI is InChI=1S/C23H28N6O6S/c24-22-25-14-16(26-22)8-3-4-12-23(21(31)32,27-20(30)18-11-13-35-28-18)29-36(33,34)19-10-5-7-15-6-1-2-9-17(15)19/h1-2,5-7,9-10,14,18,28-29H,3-4,8,11-13H2,(H,27,30)(H,31,32)(H3,24,25,26). The summed E-state index contributed by atoms with van der Waals surface area (Å²) < 4.78 is 29.4. The molecule has 0 saturated carbocycles. The molecule has 2 unspecified atom stereocenters. The summed E-state index contributed by atoms with van der Waals surface area (Å²) in [5.41, 5.74) is 6.51. The van der Waals surface area contributed by atoms with Gasteiger partial charge in [0.1, 0.15) is 6.04 Å². The molecule has 12 nitrogen and oxygen atoms in total. The number of fused-ring (bicyclic) bond motifs is 1. The number of aromatic amines is 1. The third-order valence-corrected chi connectivity index (χ3v) is 7.54. The normalized spacial score (nSPS) is 17.6. The van der Waals surface area contributed by atoms with Gasteiger partial charge in [-0.3, -0.25) is 4.79 Å². The van der Waals surface area contributed by atoms with Crippen molar-refractivity contribution in [3.8, 4) is 0 Å². The molecule has 1 aromatic heterocycles. The van der Waals surface area contributed by atoms with E-state index in [4.69, 9.17) is 10.6 Å². The number of amides is 1. The van der Waals surface area contributed by atoms with Crippen LogP contribution in [0.2, 0.25) is 0 Å². The lowest BCUT2D eigenvalue weighted by molar-refractivity contribution is -0.149. The first-order chi connectivity index (χ1) is 17.2. The number of H-pyrrole nitrogens is 1. The van der Waals surface area contributed by atoms with Crippen LogP contribution in [-0.2, 0) is 30.9 Å². The number of nitrogens with two attached hydrogens (primary N) is 1. The number of aryl methyl sites for hydroxylation is 1. The lowest BCUT2D eigenvalue weighted by atomic mass is 10.0. The number of carboxylic acid groups (broad SMARTS) is 1. The summed E-state index contributed by atoms with van der Waals surface area (Å²) in [7, 11) is -4.38. The van der Waals surface area contributed by atoms with Crippen molar-refractivity contribution in [1.29, 1.82) is 0 Å². The summed E-state index contributed by atoms with van der Waals surface area (Å²) in [6, 6.07) is 10.8. The number of aliphatic carboxylic acids is 1. The molecule has 3 aromatic rings. The summed E-state index contributed by atoms with van der Waals surface area (Å²) in [5.74, 6) is -1.94. The van der Waals surface area contributed by atoms with E-state index >= 15 is 0 Å². The minimum absolute atomic E-state index is 0.0882. The van der Waals surface area contributed by atoms with Crippen molar-refractivity contribution in [2.75, 3.05) is 12.3 Å². The molecule has 1 aliphatic rings. The molecular formula is C23H28N6O6S. The Hall–Kier alpha value is -3.52.